The van der Waals surface area contributed by atoms with E-state index in [1.54, 1.807) is 20.8 Å². The van der Waals surface area contributed by atoms with E-state index in [2.05, 4.69) is 4.98 Å². The van der Waals surface area contributed by atoms with Gasteiger partial charge in [-0.05, 0) is 74.2 Å². The van der Waals surface area contributed by atoms with E-state index in [4.69, 9.17) is 9.15 Å². The Morgan fingerprint density at radius 2 is 1.86 bits per heavy atom. The summed E-state index contributed by atoms with van der Waals surface area (Å²) in [5.74, 6) is -0.162. The molecule has 35 heavy (non-hydrogen) atoms. The first-order valence-electron chi connectivity index (χ1n) is 11.1. The number of carbonyl (C=O) groups is 1. The zero-order valence-electron chi connectivity index (χ0n) is 19.5. The summed E-state index contributed by atoms with van der Waals surface area (Å²) >= 11 is 0. The van der Waals surface area contributed by atoms with E-state index in [0.29, 0.717) is 23.6 Å². The minimum Gasteiger partial charge on any atom is -0.479 e. The molecule has 0 radical (unpaired) electrons. The molecule has 1 atom stereocenters. The molecule has 1 unspecified atom stereocenters. The SMILES string of the molecule is Cc1oc(-c2ccc(C(F)(F)F)cc2)nc1Cn1ccc2cc(CC(OC(C)C)C(=O)O)ccc21. The number of ether oxygens (including phenoxy) is 1. The van der Waals surface area contributed by atoms with Crippen molar-refractivity contribution < 1.29 is 32.2 Å². The molecule has 0 aliphatic heterocycles. The number of aromatic nitrogens is 2. The Morgan fingerprint density at radius 1 is 1.14 bits per heavy atom. The van der Waals surface area contributed by atoms with Crippen LogP contribution in [0.15, 0.2) is 59.1 Å². The smallest absolute Gasteiger partial charge is 0.416 e. The highest BCUT2D eigenvalue weighted by Gasteiger charge is 2.30. The molecule has 2 aromatic heterocycles. The topological polar surface area (TPSA) is 77.5 Å². The van der Waals surface area contributed by atoms with E-state index < -0.39 is 23.8 Å². The molecule has 0 saturated heterocycles. The Morgan fingerprint density at radius 3 is 2.49 bits per heavy atom. The zero-order chi connectivity index (χ0) is 25.3. The Kier molecular flexibility index (Phi) is 6.71. The average Bonchev–Trinajstić information content (AvgIpc) is 3.36. The quantitative estimate of drug-likeness (QED) is 0.326. The fraction of sp³-hybridized carbons (Fsp3) is 0.308. The van der Waals surface area contributed by atoms with Gasteiger partial charge in [-0.25, -0.2) is 9.78 Å². The minimum absolute atomic E-state index is 0.195. The number of carboxylic acids is 1. The zero-order valence-corrected chi connectivity index (χ0v) is 19.5. The summed E-state index contributed by atoms with van der Waals surface area (Å²) in [6.45, 7) is 5.77. The van der Waals surface area contributed by atoms with Gasteiger partial charge in [0.1, 0.15) is 11.5 Å². The van der Waals surface area contributed by atoms with E-state index in [-0.39, 0.29) is 18.4 Å². The Bertz CT molecular complexity index is 1340. The first-order valence-corrected chi connectivity index (χ1v) is 11.1. The van der Waals surface area contributed by atoms with Crippen molar-refractivity contribution in [3.8, 4) is 11.5 Å². The van der Waals surface area contributed by atoms with Gasteiger partial charge in [-0.1, -0.05) is 6.07 Å². The van der Waals surface area contributed by atoms with E-state index >= 15 is 0 Å². The summed E-state index contributed by atoms with van der Waals surface area (Å²) in [5, 5.41) is 10.4. The molecule has 0 aliphatic carbocycles. The van der Waals surface area contributed by atoms with Gasteiger partial charge < -0.3 is 18.8 Å². The maximum absolute atomic E-state index is 12.8. The molecule has 2 aromatic carbocycles. The molecule has 4 rings (SSSR count). The number of carboxylic acid groups (broad SMARTS) is 1. The number of aliphatic carboxylic acids is 1. The maximum atomic E-state index is 12.8. The number of nitrogens with zero attached hydrogens (tertiary/aromatic N) is 2. The summed E-state index contributed by atoms with van der Waals surface area (Å²) in [4.78, 5) is 16.0. The third kappa shape index (κ3) is 5.57. The molecule has 4 aromatic rings. The molecule has 0 bridgehead atoms. The highest BCUT2D eigenvalue weighted by molar-refractivity contribution is 5.81. The lowest BCUT2D eigenvalue weighted by Crippen LogP contribution is -2.29. The van der Waals surface area contributed by atoms with Gasteiger partial charge in [0.15, 0.2) is 6.10 Å². The summed E-state index contributed by atoms with van der Waals surface area (Å²) in [7, 11) is 0. The minimum atomic E-state index is -4.40. The number of hydrogen-bond donors (Lipinski definition) is 1. The molecule has 9 heteroatoms. The second-order valence-corrected chi connectivity index (χ2v) is 8.65. The van der Waals surface area contributed by atoms with Crippen LogP contribution in [0.2, 0.25) is 0 Å². The maximum Gasteiger partial charge on any atom is 0.416 e. The highest BCUT2D eigenvalue weighted by atomic mass is 19.4. The monoisotopic (exact) mass is 486 g/mol. The van der Waals surface area contributed by atoms with Gasteiger partial charge in [-0.3, -0.25) is 0 Å². The van der Waals surface area contributed by atoms with Gasteiger partial charge in [0, 0.05) is 23.7 Å². The lowest BCUT2D eigenvalue weighted by Gasteiger charge is -2.16. The fourth-order valence-electron chi connectivity index (χ4n) is 3.91. The van der Waals surface area contributed by atoms with Crippen LogP contribution in [0, 0.1) is 6.92 Å². The van der Waals surface area contributed by atoms with Crippen molar-refractivity contribution in [2.75, 3.05) is 0 Å². The average molecular weight is 486 g/mol. The molecule has 0 amide bonds. The van der Waals surface area contributed by atoms with Crippen LogP contribution >= 0.6 is 0 Å². The molecule has 184 valence electrons. The molecule has 6 nitrogen and oxygen atoms in total. The van der Waals surface area contributed by atoms with E-state index in [9.17, 15) is 23.1 Å². The Hall–Kier alpha value is -3.59. The van der Waals surface area contributed by atoms with Gasteiger partial charge in [-0.15, -0.1) is 0 Å². The van der Waals surface area contributed by atoms with Crippen LogP contribution in [-0.4, -0.2) is 32.8 Å². The number of oxazole rings is 1. The summed E-state index contributed by atoms with van der Waals surface area (Å²) in [5.41, 5.74) is 2.19. The predicted octanol–water partition coefficient (Wildman–Crippen LogP) is 6.09. The summed E-state index contributed by atoms with van der Waals surface area (Å²) in [6.07, 6.45) is -3.36. The lowest BCUT2D eigenvalue weighted by molar-refractivity contribution is -0.153. The molecular formula is C26H25F3N2O4. The molecular weight excluding hydrogens is 461 g/mol. The van der Waals surface area contributed by atoms with Crippen LogP contribution in [0.3, 0.4) is 0 Å². The van der Waals surface area contributed by atoms with Crippen molar-refractivity contribution in [2.24, 2.45) is 0 Å². The van der Waals surface area contributed by atoms with Gasteiger partial charge in [0.2, 0.25) is 5.89 Å². The third-order valence-electron chi connectivity index (χ3n) is 5.64. The lowest BCUT2D eigenvalue weighted by atomic mass is 10.1. The Labute approximate surface area is 200 Å². The van der Waals surface area contributed by atoms with Crippen LogP contribution in [0.5, 0.6) is 0 Å². The van der Waals surface area contributed by atoms with Crippen LogP contribution in [0.25, 0.3) is 22.4 Å². The molecule has 2 heterocycles. The van der Waals surface area contributed by atoms with Gasteiger partial charge in [-0.2, -0.15) is 13.2 Å². The van der Waals surface area contributed by atoms with Gasteiger partial charge >= 0.3 is 12.1 Å². The summed E-state index contributed by atoms with van der Waals surface area (Å²) < 4.78 is 51.7. The number of rotatable bonds is 8. The van der Waals surface area contributed by atoms with Crippen molar-refractivity contribution in [2.45, 2.75) is 52.1 Å². The van der Waals surface area contributed by atoms with Crippen molar-refractivity contribution in [1.29, 1.82) is 0 Å². The van der Waals surface area contributed by atoms with Crippen LogP contribution in [-0.2, 0) is 28.7 Å². The Balaban J connectivity index is 1.53. The first-order chi connectivity index (χ1) is 16.5. The molecule has 1 N–H and O–H groups in total. The number of aryl methyl sites for hydroxylation is 1. The van der Waals surface area contributed by atoms with Crippen molar-refractivity contribution in [3.05, 3.63) is 77.3 Å². The van der Waals surface area contributed by atoms with Gasteiger partial charge in [0.05, 0.1) is 18.2 Å². The molecule has 0 saturated carbocycles. The van der Waals surface area contributed by atoms with E-state index in [1.807, 2.05) is 35.0 Å². The normalized spacial score (nSPS) is 13.0. The van der Waals surface area contributed by atoms with E-state index in [1.165, 1.54) is 12.1 Å². The predicted molar refractivity (Wildman–Crippen MR) is 124 cm³/mol. The van der Waals surface area contributed by atoms with Crippen LogP contribution in [0.1, 0.15) is 36.4 Å². The summed E-state index contributed by atoms with van der Waals surface area (Å²) in [6, 6.07) is 12.4. The van der Waals surface area contributed by atoms with Crippen LogP contribution < -0.4 is 0 Å². The number of hydrogen-bond acceptors (Lipinski definition) is 4. The number of benzene rings is 2. The second kappa shape index (κ2) is 9.58. The van der Waals surface area contributed by atoms with Crippen molar-refractivity contribution in [3.63, 3.8) is 0 Å². The number of halogens is 3. The second-order valence-electron chi connectivity index (χ2n) is 8.65. The molecule has 0 fully saturated rings. The highest BCUT2D eigenvalue weighted by Crippen LogP contribution is 2.31. The number of fused-ring (bicyclic) bond motifs is 1. The largest absolute Gasteiger partial charge is 0.479 e. The fourth-order valence-corrected chi connectivity index (χ4v) is 3.91. The number of alkyl halides is 3. The molecule has 0 aliphatic rings. The third-order valence-corrected chi connectivity index (χ3v) is 5.64. The van der Waals surface area contributed by atoms with E-state index in [0.717, 1.165) is 28.6 Å². The first kappa shape index (κ1) is 24.5. The standard InChI is InChI=1S/C26H25F3N2O4/c1-15(2)34-23(25(32)33)13-17-4-9-22-19(12-17)10-11-31(22)14-21-16(3)35-24(30-21)18-5-7-20(8-6-18)26(27,28)29/h4-12,15,23H,13-14H2,1-3H3,(H,32,33). The molecule has 0 spiro atoms. The van der Waals surface area contributed by atoms with Gasteiger partial charge in [0.25, 0.3) is 0 Å². The van der Waals surface area contributed by atoms with Crippen molar-refractivity contribution in [1.82, 2.24) is 9.55 Å². The van der Waals surface area contributed by atoms with Crippen LogP contribution in [0.4, 0.5) is 13.2 Å². The van der Waals surface area contributed by atoms with Crippen molar-refractivity contribution >= 4 is 16.9 Å².